The van der Waals surface area contributed by atoms with Crippen LogP contribution in [0.4, 0.5) is 5.82 Å². The number of pyridine rings is 1. The van der Waals surface area contributed by atoms with Crippen LogP contribution in [-0.2, 0) is 4.79 Å². The molecule has 4 heterocycles. The van der Waals surface area contributed by atoms with Crippen LogP contribution in [0.3, 0.4) is 0 Å². The Morgan fingerprint density at radius 2 is 1.84 bits per heavy atom. The van der Waals surface area contributed by atoms with E-state index in [1.165, 1.54) is 5.56 Å². The predicted octanol–water partition coefficient (Wildman–Crippen LogP) is 2.45. The molecule has 2 saturated heterocycles. The van der Waals surface area contributed by atoms with Crippen molar-refractivity contribution in [3.8, 4) is 0 Å². The van der Waals surface area contributed by atoms with Gasteiger partial charge in [-0.15, -0.1) is 0 Å². The summed E-state index contributed by atoms with van der Waals surface area (Å²) in [6.45, 7) is 2.53. The summed E-state index contributed by atoms with van der Waals surface area (Å²) in [5.41, 5.74) is 1.20. The number of hydrogen-bond acceptors (Lipinski definition) is 5. The van der Waals surface area contributed by atoms with Crippen molar-refractivity contribution in [1.82, 2.24) is 19.9 Å². The standard InChI is InChI=1S/C19H23N5O/c25-19(24-12-2-4-17(24)15-5-7-20-8-6-15)16-3-1-11-23(14-16)18-13-21-9-10-22-18/h5-10,13,16-17H,1-4,11-12,14H2/t16-,17-/m0/s1. The second kappa shape index (κ2) is 7.17. The number of amides is 1. The van der Waals surface area contributed by atoms with E-state index in [1.807, 2.05) is 24.5 Å². The zero-order valence-electron chi connectivity index (χ0n) is 14.3. The summed E-state index contributed by atoms with van der Waals surface area (Å²) >= 11 is 0. The zero-order chi connectivity index (χ0) is 17.1. The minimum Gasteiger partial charge on any atom is -0.355 e. The van der Waals surface area contributed by atoms with E-state index < -0.39 is 0 Å². The molecule has 0 unspecified atom stereocenters. The van der Waals surface area contributed by atoms with E-state index in [1.54, 1.807) is 18.6 Å². The third-order valence-corrected chi connectivity index (χ3v) is 5.27. The number of nitrogens with zero attached hydrogens (tertiary/aromatic N) is 5. The van der Waals surface area contributed by atoms with Crippen molar-refractivity contribution in [2.45, 2.75) is 31.7 Å². The Bertz CT molecular complexity index is 708. The van der Waals surface area contributed by atoms with Gasteiger partial charge in [0.05, 0.1) is 18.2 Å². The highest BCUT2D eigenvalue weighted by Gasteiger charge is 2.36. The summed E-state index contributed by atoms with van der Waals surface area (Å²) in [6.07, 6.45) is 12.9. The Hall–Kier alpha value is -2.50. The molecule has 0 bridgehead atoms. The first-order valence-electron chi connectivity index (χ1n) is 9.04. The van der Waals surface area contributed by atoms with Crippen molar-refractivity contribution in [1.29, 1.82) is 0 Å². The number of aromatic nitrogens is 3. The number of carbonyl (C=O) groups excluding carboxylic acids is 1. The fraction of sp³-hybridized carbons (Fsp3) is 0.474. The maximum absolute atomic E-state index is 13.2. The van der Waals surface area contributed by atoms with E-state index >= 15 is 0 Å². The van der Waals surface area contributed by atoms with E-state index in [-0.39, 0.29) is 17.9 Å². The quantitative estimate of drug-likeness (QED) is 0.861. The summed E-state index contributed by atoms with van der Waals surface area (Å²) in [7, 11) is 0. The maximum atomic E-state index is 13.2. The van der Waals surface area contributed by atoms with Gasteiger partial charge in [0.15, 0.2) is 0 Å². The van der Waals surface area contributed by atoms with Crippen molar-refractivity contribution >= 4 is 11.7 Å². The predicted molar refractivity (Wildman–Crippen MR) is 94.9 cm³/mol. The molecule has 4 rings (SSSR count). The molecular formula is C19H23N5O. The lowest BCUT2D eigenvalue weighted by Crippen LogP contribution is -2.45. The molecule has 0 aromatic carbocycles. The third-order valence-electron chi connectivity index (χ3n) is 5.27. The molecule has 2 atom stereocenters. The van der Waals surface area contributed by atoms with E-state index in [0.717, 1.165) is 51.1 Å². The van der Waals surface area contributed by atoms with Gasteiger partial charge < -0.3 is 9.80 Å². The molecule has 6 nitrogen and oxygen atoms in total. The minimum absolute atomic E-state index is 0.0400. The molecule has 2 fully saturated rings. The van der Waals surface area contributed by atoms with Crippen LogP contribution in [0, 0.1) is 5.92 Å². The Labute approximate surface area is 147 Å². The number of hydrogen-bond donors (Lipinski definition) is 0. The van der Waals surface area contributed by atoms with Crippen LogP contribution in [0.2, 0.25) is 0 Å². The van der Waals surface area contributed by atoms with Gasteiger partial charge in [-0.1, -0.05) is 0 Å². The largest absolute Gasteiger partial charge is 0.355 e. The molecule has 2 aliphatic heterocycles. The van der Waals surface area contributed by atoms with Crippen molar-refractivity contribution in [2.24, 2.45) is 5.92 Å². The van der Waals surface area contributed by atoms with Gasteiger partial charge in [0.25, 0.3) is 0 Å². The molecule has 2 aromatic heterocycles. The Kier molecular flexibility index (Phi) is 4.59. The van der Waals surface area contributed by atoms with Crippen LogP contribution in [0.5, 0.6) is 0 Å². The highest BCUT2D eigenvalue weighted by Crippen LogP contribution is 2.34. The highest BCUT2D eigenvalue weighted by atomic mass is 16.2. The SMILES string of the molecule is O=C([C@H]1CCCN(c2cnccn2)C1)N1CCC[C@H]1c1ccncc1. The van der Waals surface area contributed by atoms with Gasteiger partial charge in [0, 0.05) is 44.4 Å². The molecule has 6 heteroatoms. The second-order valence-corrected chi connectivity index (χ2v) is 6.82. The Morgan fingerprint density at radius 1 is 1.00 bits per heavy atom. The molecular weight excluding hydrogens is 314 g/mol. The molecule has 0 N–H and O–H groups in total. The Morgan fingerprint density at radius 3 is 2.64 bits per heavy atom. The van der Waals surface area contributed by atoms with Crippen LogP contribution in [0.25, 0.3) is 0 Å². The van der Waals surface area contributed by atoms with E-state index in [4.69, 9.17) is 0 Å². The fourth-order valence-electron chi connectivity index (χ4n) is 4.04. The summed E-state index contributed by atoms with van der Waals surface area (Å²) in [5.74, 6) is 1.19. The van der Waals surface area contributed by atoms with Crippen LogP contribution in [0.1, 0.15) is 37.3 Å². The van der Waals surface area contributed by atoms with Crippen LogP contribution in [0.15, 0.2) is 43.1 Å². The first-order chi connectivity index (χ1) is 12.3. The first-order valence-corrected chi connectivity index (χ1v) is 9.04. The molecule has 0 spiro atoms. The monoisotopic (exact) mass is 337 g/mol. The van der Waals surface area contributed by atoms with Gasteiger partial charge in [0.1, 0.15) is 5.82 Å². The normalized spacial score (nSPS) is 23.7. The molecule has 25 heavy (non-hydrogen) atoms. The van der Waals surface area contributed by atoms with E-state index in [9.17, 15) is 4.79 Å². The smallest absolute Gasteiger partial charge is 0.227 e. The topological polar surface area (TPSA) is 62.2 Å². The summed E-state index contributed by atoms with van der Waals surface area (Å²) in [5, 5.41) is 0. The summed E-state index contributed by atoms with van der Waals surface area (Å²) < 4.78 is 0. The average Bonchev–Trinajstić information content (AvgIpc) is 3.19. The summed E-state index contributed by atoms with van der Waals surface area (Å²) in [4.78, 5) is 30.1. The van der Waals surface area contributed by atoms with Crippen molar-refractivity contribution in [3.05, 3.63) is 48.7 Å². The maximum Gasteiger partial charge on any atom is 0.227 e. The molecule has 130 valence electrons. The summed E-state index contributed by atoms with van der Waals surface area (Å²) in [6, 6.07) is 4.26. The minimum atomic E-state index is 0.0400. The molecule has 1 amide bonds. The number of likely N-dealkylation sites (tertiary alicyclic amines) is 1. The lowest BCUT2D eigenvalue weighted by atomic mass is 9.95. The highest BCUT2D eigenvalue weighted by molar-refractivity contribution is 5.80. The molecule has 0 aliphatic carbocycles. The number of piperidine rings is 1. The van der Waals surface area contributed by atoms with Gasteiger partial charge in [-0.3, -0.25) is 14.8 Å². The van der Waals surface area contributed by atoms with Crippen molar-refractivity contribution in [2.75, 3.05) is 24.5 Å². The zero-order valence-corrected chi connectivity index (χ0v) is 14.3. The average molecular weight is 337 g/mol. The first kappa shape index (κ1) is 16.0. The van der Waals surface area contributed by atoms with E-state index in [2.05, 4.69) is 24.8 Å². The second-order valence-electron chi connectivity index (χ2n) is 6.82. The van der Waals surface area contributed by atoms with Crippen molar-refractivity contribution in [3.63, 3.8) is 0 Å². The lowest BCUT2D eigenvalue weighted by molar-refractivity contribution is -0.136. The fourth-order valence-corrected chi connectivity index (χ4v) is 4.04. The molecule has 2 aliphatic rings. The van der Waals surface area contributed by atoms with Crippen LogP contribution < -0.4 is 4.90 Å². The van der Waals surface area contributed by atoms with Gasteiger partial charge in [0.2, 0.25) is 5.91 Å². The molecule has 0 saturated carbocycles. The van der Waals surface area contributed by atoms with Crippen LogP contribution >= 0.6 is 0 Å². The van der Waals surface area contributed by atoms with Crippen LogP contribution in [-0.4, -0.2) is 45.4 Å². The molecule has 2 aromatic rings. The van der Waals surface area contributed by atoms with Gasteiger partial charge in [-0.05, 0) is 43.4 Å². The van der Waals surface area contributed by atoms with Gasteiger partial charge in [-0.25, -0.2) is 4.98 Å². The third kappa shape index (κ3) is 3.34. The number of anilines is 1. The lowest BCUT2D eigenvalue weighted by Gasteiger charge is -2.36. The Balaban J connectivity index is 1.48. The van der Waals surface area contributed by atoms with Gasteiger partial charge >= 0.3 is 0 Å². The molecule has 0 radical (unpaired) electrons. The van der Waals surface area contributed by atoms with Crippen molar-refractivity contribution < 1.29 is 4.79 Å². The number of rotatable bonds is 3. The van der Waals surface area contributed by atoms with E-state index in [0.29, 0.717) is 0 Å². The van der Waals surface area contributed by atoms with Gasteiger partial charge in [-0.2, -0.15) is 0 Å². The number of carbonyl (C=O) groups is 1.